The van der Waals surface area contributed by atoms with Crippen LogP contribution in [-0.2, 0) is 9.53 Å². The van der Waals surface area contributed by atoms with Gasteiger partial charge in [-0.2, -0.15) is 0 Å². The van der Waals surface area contributed by atoms with E-state index in [1.807, 2.05) is 47.4 Å². The third-order valence-corrected chi connectivity index (χ3v) is 8.19. The molecule has 2 aromatic carbocycles. The molecule has 0 spiro atoms. The molecule has 5 nitrogen and oxygen atoms in total. The summed E-state index contributed by atoms with van der Waals surface area (Å²) in [6.07, 6.45) is 3.16. The van der Waals surface area contributed by atoms with Crippen LogP contribution in [0.3, 0.4) is 0 Å². The highest BCUT2D eigenvalue weighted by atomic mass is 32.1. The van der Waals surface area contributed by atoms with Crippen LogP contribution < -0.4 is 0 Å². The zero-order chi connectivity index (χ0) is 22.5. The van der Waals surface area contributed by atoms with Crippen LogP contribution >= 0.6 is 11.3 Å². The van der Waals surface area contributed by atoms with Crippen LogP contribution in [0.25, 0.3) is 20.8 Å². The number of ether oxygens (including phenoxy) is 1. The maximum Gasteiger partial charge on any atom is 0.339 e. The Morgan fingerprint density at radius 3 is 2.69 bits per heavy atom. The zero-order valence-electron chi connectivity index (χ0n) is 18.8. The van der Waals surface area contributed by atoms with Gasteiger partial charge in [-0.3, -0.25) is 4.79 Å². The summed E-state index contributed by atoms with van der Waals surface area (Å²) in [5, 5.41) is 0.771. The van der Waals surface area contributed by atoms with Crippen molar-refractivity contribution in [2.24, 2.45) is 10.8 Å². The number of nitrogens with zero attached hydrogens (tertiary/aromatic N) is 2. The summed E-state index contributed by atoms with van der Waals surface area (Å²) in [7, 11) is 0. The summed E-state index contributed by atoms with van der Waals surface area (Å²) < 4.78 is 6.59. The smallest absolute Gasteiger partial charge is 0.339 e. The minimum atomic E-state index is -0.485. The number of para-hydroxylation sites is 1. The van der Waals surface area contributed by atoms with Crippen LogP contribution in [0.2, 0.25) is 0 Å². The number of carbonyl (C=O) groups excluding carboxylic acids is 2. The van der Waals surface area contributed by atoms with E-state index in [0.29, 0.717) is 11.0 Å². The lowest BCUT2D eigenvalue weighted by Gasteiger charge is -2.40. The number of fused-ring (bicyclic) bond motifs is 3. The first-order valence-electron chi connectivity index (χ1n) is 11.2. The lowest BCUT2D eigenvalue weighted by atomic mass is 9.81. The molecule has 1 aliphatic carbocycles. The van der Waals surface area contributed by atoms with E-state index in [0.717, 1.165) is 46.6 Å². The Labute approximate surface area is 192 Å². The average molecular weight is 449 g/mol. The van der Waals surface area contributed by atoms with E-state index in [-0.39, 0.29) is 24.0 Å². The van der Waals surface area contributed by atoms with Gasteiger partial charge in [0.1, 0.15) is 5.01 Å². The normalized spacial score (nSPS) is 24.0. The second-order valence-corrected chi connectivity index (χ2v) is 11.2. The van der Waals surface area contributed by atoms with E-state index >= 15 is 0 Å². The average Bonchev–Trinajstić information content (AvgIpc) is 3.28. The second-order valence-electron chi connectivity index (χ2n) is 10.1. The van der Waals surface area contributed by atoms with Crippen LogP contribution in [0, 0.1) is 10.8 Å². The molecule has 2 fully saturated rings. The molecule has 1 saturated carbocycles. The molecule has 1 aromatic heterocycles. The summed E-state index contributed by atoms with van der Waals surface area (Å²) in [6.45, 7) is 7.33. The van der Waals surface area contributed by atoms with Crippen molar-refractivity contribution in [1.29, 1.82) is 0 Å². The molecule has 2 bridgehead atoms. The quantitative estimate of drug-likeness (QED) is 0.491. The molecule has 2 aliphatic rings. The number of benzene rings is 2. The van der Waals surface area contributed by atoms with Crippen molar-refractivity contribution in [2.75, 3.05) is 13.2 Å². The van der Waals surface area contributed by atoms with Crippen LogP contribution in [0.4, 0.5) is 0 Å². The van der Waals surface area contributed by atoms with Crippen molar-refractivity contribution in [2.45, 2.75) is 46.1 Å². The Morgan fingerprint density at radius 1 is 1.12 bits per heavy atom. The number of rotatable bonds is 4. The molecule has 2 atom stereocenters. The third-order valence-electron chi connectivity index (χ3n) is 7.12. The van der Waals surface area contributed by atoms with Crippen LogP contribution in [0.5, 0.6) is 0 Å². The third kappa shape index (κ3) is 3.71. The van der Waals surface area contributed by atoms with Gasteiger partial charge in [0.25, 0.3) is 5.91 Å². The molecular weight excluding hydrogens is 420 g/mol. The maximum absolute atomic E-state index is 13.0. The summed E-state index contributed by atoms with van der Waals surface area (Å²) in [4.78, 5) is 32.6. The zero-order valence-corrected chi connectivity index (χ0v) is 19.6. The largest absolute Gasteiger partial charge is 0.452 e. The lowest BCUT2D eigenvalue weighted by Crippen LogP contribution is -2.49. The van der Waals surface area contributed by atoms with E-state index in [1.54, 1.807) is 17.4 Å². The Morgan fingerprint density at radius 2 is 1.88 bits per heavy atom. The number of piperidine rings is 1. The number of amides is 1. The van der Waals surface area contributed by atoms with Crippen molar-refractivity contribution in [3.8, 4) is 10.6 Å². The van der Waals surface area contributed by atoms with E-state index < -0.39 is 5.97 Å². The molecule has 5 rings (SSSR count). The SMILES string of the molecule is CC12CCN(C(=O)COC(=O)c3ccccc3-c3nc4ccccc4s3)C(C1)C(C)(C)C2. The van der Waals surface area contributed by atoms with Gasteiger partial charge in [-0.15, -0.1) is 11.3 Å². The van der Waals surface area contributed by atoms with Crippen molar-refractivity contribution in [3.63, 3.8) is 0 Å². The molecule has 3 aromatic rings. The topological polar surface area (TPSA) is 59.5 Å². The van der Waals surface area contributed by atoms with Gasteiger partial charge in [0.2, 0.25) is 0 Å². The first kappa shape index (κ1) is 21.1. The van der Waals surface area contributed by atoms with E-state index in [1.165, 1.54) is 0 Å². The molecule has 2 heterocycles. The first-order chi connectivity index (χ1) is 15.3. The summed E-state index contributed by atoms with van der Waals surface area (Å²) in [5.74, 6) is -0.585. The van der Waals surface area contributed by atoms with Crippen LogP contribution in [-0.4, -0.2) is 41.0 Å². The van der Waals surface area contributed by atoms with E-state index in [4.69, 9.17) is 4.74 Å². The highest BCUT2D eigenvalue weighted by Gasteiger charge is 2.53. The monoisotopic (exact) mass is 448 g/mol. The Balaban J connectivity index is 1.32. The van der Waals surface area contributed by atoms with Crippen molar-refractivity contribution >= 4 is 33.4 Å². The molecule has 6 heteroatoms. The number of carbonyl (C=O) groups is 2. The van der Waals surface area contributed by atoms with Gasteiger partial charge in [0.15, 0.2) is 6.61 Å². The Kier molecular flexibility index (Phi) is 5.08. The van der Waals surface area contributed by atoms with Crippen LogP contribution in [0.15, 0.2) is 48.5 Å². The highest BCUT2D eigenvalue weighted by Crippen LogP contribution is 2.55. The van der Waals surface area contributed by atoms with Gasteiger partial charge < -0.3 is 9.64 Å². The fraction of sp³-hybridized carbons (Fsp3) is 0.423. The lowest BCUT2D eigenvalue weighted by molar-refractivity contribution is -0.140. The summed E-state index contributed by atoms with van der Waals surface area (Å²) in [5.41, 5.74) is 2.48. The fourth-order valence-corrected chi connectivity index (χ4v) is 6.73. The number of hydrogen-bond donors (Lipinski definition) is 0. The van der Waals surface area contributed by atoms with Crippen LogP contribution in [0.1, 0.15) is 50.4 Å². The Bertz CT molecular complexity index is 1170. The number of esters is 1. The molecule has 0 N–H and O–H groups in total. The molecule has 2 unspecified atom stereocenters. The predicted octanol–water partition coefficient (Wildman–Crippen LogP) is 5.55. The van der Waals surface area contributed by atoms with Gasteiger partial charge >= 0.3 is 5.97 Å². The Hall–Kier alpha value is -2.73. The van der Waals surface area contributed by atoms with Gasteiger partial charge in [-0.05, 0) is 48.3 Å². The number of hydrogen-bond acceptors (Lipinski definition) is 5. The maximum atomic E-state index is 13.0. The predicted molar refractivity (Wildman–Crippen MR) is 127 cm³/mol. The number of thiazole rings is 1. The summed E-state index contributed by atoms with van der Waals surface area (Å²) >= 11 is 1.54. The molecule has 1 saturated heterocycles. The molecular formula is C26H28N2O3S. The van der Waals surface area contributed by atoms with E-state index in [2.05, 4.69) is 25.8 Å². The second kappa shape index (κ2) is 7.69. The minimum absolute atomic E-state index is 0.0877. The van der Waals surface area contributed by atoms with Crippen molar-refractivity contribution < 1.29 is 14.3 Å². The highest BCUT2D eigenvalue weighted by molar-refractivity contribution is 7.21. The van der Waals surface area contributed by atoms with Crippen molar-refractivity contribution in [3.05, 3.63) is 54.1 Å². The fourth-order valence-electron chi connectivity index (χ4n) is 5.72. The molecule has 166 valence electrons. The van der Waals surface area contributed by atoms with Gasteiger partial charge in [0, 0.05) is 18.2 Å². The van der Waals surface area contributed by atoms with Gasteiger partial charge in [-0.1, -0.05) is 51.1 Å². The van der Waals surface area contributed by atoms with Gasteiger partial charge in [-0.25, -0.2) is 9.78 Å². The van der Waals surface area contributed by atoms with Crippen molar-refractivity contribution in [1.82, 2.24) is 9.88 Å². The number of aromatic nitrogens is 1. The van der Waals surface area contributed by atoms with Gasteiger partial charge in [0.05, 0.1) is 15.8 Å². The summed E-state index contributed by atoms with van der Waals surface area (Å²) in [6, 6.07) is 15.4. The first-order valence-corrected chi connectivity index (χ1v) is 12.0. The molecule has 1 aliphatic heterocycles. The number of likely N-dealkylation sites (tertiary alicyclic amines) is 1. The molecule has 1 amide bonds. The molecule has 0 radical (unpaired) electrons. The minimum Gasteiger partial charge on any atom is -0.452 e. The molecule has 32 heavy (non-hydrogen) atoms. The van der Waals surface area contributed by atoms with E-state index in [9.17, 15) is 9.59 Å². The standard InChI is InChI=1S/C26H28N2O3S/c1-25(2)16-26(3)12-13-28(21(25)14-26)22(29)15-31-24(30)18-9-5-4-8-17(18)23-27-19-10-6-7-11-20(19)32-23/h4-11,21H,12-16H2,1-3H3.